The quantitative estimate of drug-likeness (QED) is 0.836. The van der Waals surface area contributed by atoms with Gasteiger partial charge in [0.2, 0.25) is 0 Å². The van der Waals surface area contributed by atoms with E-state index in [2.05, 4.69) is 0 Å². The van der Waals surface area contributed by atoms with Crippen LogP contribution < -0.4 is 0 Å². The van der Waals surface area contributed by atoms with Gasteiger partial charge in [0.15, 0.2) is 0 Å². The fraction of sp³-hybridized carbons (Fsp3) is 0.500. The summed E-state index contributed by atoms with van der Waals surface area (Å²) in [7, 11) is 0. The van der Waals surface area contributed by atoms with Gasteiger partial charge in [-0.25, -0.2) is 0 Å². The Morgan fingerprint density at radius 1 is 1.24 bits per heavy atom. The summed E-state index contributed by atoms with van der Waals surface area (Å²) < 4.78 is 0. The van der Waals surface area contributed by atoms with Crippen LogP contribution in [-0.4, -0.2) is 46.2 Å². The van der Waals surface area contributed by atoms with Crippen LogP contribution in [0.1, 0.15) is 24.8 Å². The lowest BCUT2D eigenvalue weighted by atomic mass is 9.94. The average Bonchev–Trinajstić information content (AvgIpc) is 2.47. The van der Waals surface area contributed by atoms with E-state index >= 15 is 0 Å². The molecule has 1 heterocycles. The molecular formula is C16H21NO4. The minimum absolute atomic E-state index is 0.0429. The highest BCUT2D eigenvalue weighted by atomic mass is 16.4. The topological polar surface area (TPSA) is 77.8 Å². The number of benzene rings is 1. The largest absolute Gasteiger partial charge is 0.481 e. The number of carboxylic acid groups (broad SMARTS) is 2. The molecule has 114 valence electrons. The summed E-state index contributed by atoms with van der Waals surface area (Å²) in [6.45, 7) is 1.22. The predicted molar refractivity (Wildman–Crippen MR) is 78.1 cm³/mol. The third-order valence-electron chi connectivity index (χ3n) is 4.04. The Balaban J connectivity index is 2.08. The van der Waals surface area contributed by atoms with E-state index in [0.717, 1.165) is 18.5 Å². The van der Waals surface area contributed by atoms with Gasteiger partial charge < -0.3 is 10.2 Å². The van der Waals surface area contributed by atoms with Crippen LogP contribution in [0.25, 0.3) is 0 Å². The van der Waals surface area contributed by atoms with Crippen LogP contribution in [0.2, 0.25) is 0 Å². The van der Waals surface area contributed by atoms with E-state index in [9.17, 15) is 9.59 Å². The number of carboxylic acids is 2. The number of hydrogen-bond acceptors (Lipinski definition) is 3. The first kappa shape index (κ1) is 15.5. The molecule has 2 unspecified atom stereocenters. The number of rotatable bonds is 6. The molecule has 0 radical (unpaired) electrons. The fourth-order valence-corrected chi connectivity index (χ4v) is 2.96. The van der Waals surface area contributed by atoms with Crippen molar-refractivity contribution < 1.29 is 19.8 Å². The molecule has 2 atom stereocenters. The third-order valence-corrected chi connectivity index (χ3v) is 4.04. The molecule has 2 N–H and O–H groups in total. The van der Waals surface area contributed by atoms with E-state index in [0.29, 0.717) is 19.4 Å². The molecule has 1 fully saturated rings. The Labute approximate surface area is 124 Å². The zero-order valence-corrected chi connectivity index (χ0v) is 11.9. The highest BCUT2D eigenvalue weighted by Gasteiger charge is 2.30. The van der Waals surface area contributed by atoms with Gasteiger partial charge in [-0.1, -0.05) is 30.3 Å². The average molecular weight is 291 g/mol. The van der Waals surface area contributed by atoms with E-state index in [1.54, 1.807) is 0 Å². The Morgan fingerprint density at radius 2 is 1.95 bits per heavy atom. The highest BCUT2D eigenvalue weighted by Crippen LogP contribution is 2.22. The molecule has 0 aromatic heterocycles. The van der Waals surface area contributed by atoms with E-state index in [4.69, 9.17) is 10.2 Å². The van der Waals surface area contributed by atoms with Crippen LogP contribution in [0.4, 0.5) is 0 Å². The molecule has 2 rings (SSSR count). The van der Waals surface area contributed by atoms with Crippen LogP contribution in [0.3, 0.4) is 0 Å². The van der Waals surface area contributed by atoms with Crippen molar-refractivity contribution in [1.29, 1.82) is 0 Å². The first-order valence-corrected chi connectivity index (χ1v) is 7.29. The smallest absolute Gasteiger partial charge is 0.307 e. The second kappa shape index (κ2) is 7.22. The molecule has 0 aliphatic carbocycles. The molecule has 0 amide bonds. The lowest BCUT2D eigenvalue weighted by molar-refractivity contribution is -0.144. The van der Waals surface area contributed by atoms with Crippen molar-refractivity contribution in [2.75, 3.05) is 13.1 Å². The van der Waals surface area contributed by atoms with Crippen LogP contribution in [0, 0.1) is 5.92 Å². The summed E-state index contributed by atoms with van der Waals surface area (Å²) in [5.74, 6) is -2.01. The summed E-state index contributed by atoms with van der Waals surface area (Å²) in [6.07, 6.45) is 2.17. The summed E-state index contributed by atoms with van der Waals surface area (Å²) in [5, 5.41) is 18.3. The van der Waals surface area contributed by atoms with Gasteiger partial charge in [0.05, 0.1) is 12.3 Å². The summed E-state index contributed by atoms with van der Waals surface area (Å²) in [4.78, 5) is 24.3. The summed E-state index contributed by atoms with van der Waals surface area (Å²) >= 11 is 0. The first-order chi connectivity index (χ1) is 10.1. The minimum Gasteiger partial charge on any atom is -0.481 e. The maximum atomic E-state index is 11.2. The predicted octanol–water partition coefficient (Wildman–Crippen LogP) is 1.87. The zero-order chi connectivity index (χ0) is 15.2. The molecule has 1 saturated heterocycles. The Hall–Kier alpha value is -1.88. The van der Waals surface area contributed by atoms with Gasteiger partial charge in [-0.2, -0.15) is 0 Å². The fourth-order valence-electron chi connectivity index (χ4n) is 2.96. The van der Waals surface area contributed by atoms with Gasteiger partial charge in [0, 0.05) is 12.6 Å². The molecule has 1 aliphatic heterocycles. The second-order valence-electron chi connectivity index (χ2n) is 5.61. The molecular weight excluding hydrogens is 270 g/mol. The van der Waals surface area contributed by atoms with Crippen LogP contribution in [0.15, 0.2) is 30.3 Å². The van der Waals surface area contributed by atoms with Gasteiger partial charge in [-0.3, -0.25) is 14.5 Å². The molecule has 0 spiro atoms. The maximum Gasteiger partial charge on any atom is 0.307 e. The van der Waals surface area contributed by atoms with Crippen molar-refractivity contribution in [1.82, 2.24) is 4.90 Å². The Kier molecular flexibility index (Phi) is 5.33. The molecule has 0 bridgehead atoms. The molecule has 1 aliphatic rings. The van der Waals surface area contributed by atoms with Crippen molar-refractivity contribution in [2.45, 2.75) is 31.7 Å². The van der Waals surface area contributed by atoms with Gasteiger partial charge in [0.1, 0.15) is 0 Å². The Bertz CT molecular complexity index is 488. The molecule has 5 nitrogen and oxygen atoms in total. The number of carbonyl (C=O) groups is 2. The monoisotopic (exact) mass is 291 g/mol. The number of piperidine rings is 1. The lowest BCUT2D eigenvalue weighted by Crippen LogP contribution is -2.46. The van der Waals surface area contributed by atoms with E-state index in [1.165, 1.54) is 0 Å². The molecule has 1 aromatic rings. The maximum absolute atomic E-state index is 11.2. The second-order valence-corrected chi connectivity index (χ2v) is 5.61. The summed E-state index contributed by atoms with van der Waals surface area (Å²) in [6, 6.07) is 9.61. The van der Waals surface area contributed by atoms with Crippen LogP contribution in [0.5, 0.6) is 0 Å². The SMILES string of the molecule is O=C(O)CC(Cc1ccccc1)N1CCCC(C(=O)O)C1. The molecule has 1 aromatic carbocycles. The van der Waals surface area contributed by atoms with Gasteiger partial charge in [0.25, 0.3) is 0 Å². The standard InChI is InChI=1S/C16H21NO4/c18-15(19)10-14(9-12-5-2-1-3-6-12)17-8-4-7-13(11-17)16(20)21/h1-3,5-6,13-14H,4,7-11H2,(H,18,19)(H,20,21). The van der Waals surface area contributed by atoms with Crippen molar-refractivity contribution in [3.63, 3.8) is 0 Å². The van der Waals surface area contributed by atoms with Gasteiger partial charge in [-0.15, -0.1) is 0 Å². The van der Waals surface area contributed by atoms with Crippen LogP contribution in [-0.2, 0) is 16.0 Å². The normalized spacial score (nSPS) is 20.9. The number of likely N-dealkylation sites (tertiary alicyclic amines) is 1. The zero-order valence-electron chi connectivity index (χ0n) is 11.9. The van der Waals surface area contributed by atoms with Crippen molar-refractivity contribution in [2.24, 2.45) is 5.92 Å². The van der Waals surface area contributed by atoms with E-state index < -0.39 is 11.9 Å². The number of nitrogens with zero attached hydrogens (tertiary/aromatic N) is 1. The third kappa shape index (κ3) is 4.56. The first-order valence-electron chi connectivity index (χ1n) is 7.29. The highest BCUT2D eigenvalue weighted by molar-refractivity contribution is 5.70. The lowest BCUT2D eigenvalue weighted by Gasteiger charge is -2.36. The minimum atomic E-state index is -0.839. The molecule has 5 heteroatoms. The van der Waals surface area contributed by atoms with Crippen molar-refractivity contribution in [3.05, 3.63) is 35.9 Å². The molecule has 21 heavy (non-hydrogen) atoms. The Morgan fingerprint density at radius 3 is 2.57 bits per heavy atom. The van der Waals surface area contributed by atoms with Crippen molar-refractivity contribution in [3.8, 4) is 0 Å². The van der Waals surface area contributed by atoms with E-state index in [1.807, 2.05) is 35.2 Å². The van der Waals surface area contributed by atoms with Gasteiger partial charge >= 0.3 is 11.9 Å². The number of hydrogen-bond donors (Lipinski definition) is 2. The van der Waals surface area contributed by atoms with E-state index in [-0.39, 0.29) is 18.4 Å². The number of aliphatic carboxylic acids is 2. The summed E-state index contributed by atoms with van der Waals surface area (Å²) in [5.41, 5.74) is 1.08. The molecule has 0 saturated carbocycles. The van der Waals surface area contributed by atoms with Gasteiger partial charge in [-0.05, 0) is 31.4 Å². The van der Waals surface area contributed by atoms with Crippen molar-refractivity contribution >= 4 is 11.9 Å². The van der Waals surface area contributed by atoms with Crippen LogP contribution >= 0.6 is 0 Å².